The van der Waals surface area contributed by atoms with E-state index in [9.17, 15) is 13.6 Å². The molecule has 0 bridgehead atoms. The van der Waals surface area contributed by atoms with Crippen LogP contribution in [0.1, 0.15) is 74.8 Å². The maximum absolute atomic E-state index is 14.1. The van der Waals surface area contributed by atoms with Gasteiger partial charge in [0.15, 0.2) is 0 Å². The molecule has 1 amide bonds. The van der Waals surface area contributed by atoms with E-state index in [2.05, 4.69) is 47.1 Å². The Morgan fingerprint density at radius 3 is 2.59 bits per heavy atom. The summed E-state index contributed by atoms with van der Waals surface area (Å²) in [6.45, 7) is 6.95. The highest BCUT2D eigenvalue weighted by atomic mass is 35.5. The minimum atomic E-state index is -0.812. The van der Waals surface area contributed by atoms with E-state index in [0.29, 0.717) is 17.8 Å². The summed E-state index contributed by atoms with van der Waals surface area (Å²) in [5.74, 6) is 0.0150. The third-order valence-electron chi connectivity index (χ3n) is 10.1. The molecule has 4 nitrogen and oxygen atoms in total. The van der Waals surface area contributed by atoms with Crippen molar-refractivity contribution in [1.29, 1.82) is 0 Å². The molecule has 1 N–H and O–H groups in total. The second kappa shape index (κ2) is 9.37. The summed E-state index contributed by atoms with van der Waals surface area (Å²) >= 11 is 0. The van der Waals surface area contributed by atoms with E-state index in [0.717, 1.165) is 49.9 Å². The summed E-state index contributed by atoms with van der Waals surface area (Å²) in [5, 5.41) is 3.03. The van der Waals surface area contributed by atoms with Gasteiger partial charge in [0.25, 0.3) is 5.91 Å². The van der Waals surface area contributed by atoms with Gasteiger partial charge in [0, 0.05) is 29.4 Å². The van der Waals surface area contributed by atoms with Gasteiger partial charge in [-0.25, -0.2) is 13.8 Å². The average molecular weight is 528 g/mol. The molecule has 7 heteroatoms. The van der Waals surface area contributed by atoms with Crippen LogP contribution in [0.4, 0.5) is 8.78 Å². The molecule has 6 atom stereocenters. The third kappa shape index (κ3) is 4.16. The summed E-state index contributed by atoms with van der Waals surface area (Å²) in [7, 11) is 0. The highest BCUT2D eigenvalue weighted by molar-refractivity contribution is 5.94. The fraction of sp³-hybridized carbons (Fsp3) is 0.533. The van der Waals surface area contributed by atoms with Crippen molar-refractivity contribution in [1.82, 2.24) is 14.9 Å². The van der Waals surface area contributed by atoms with Crippen LogP contribution in [0.15, 0.2) is 48.4 Å². The van der Waals surface area contributed by atoms with Gasteiger partial charge in [0.2, 0.25) is 0 Å². The predicted octanol–water partition coefficient (Wildman–Crippen LogP) is 7.10. The van der Waals surface area contributed by atoms with Crippen LogP contribution in [0.25, 0.3) is 5.70 Å². The number of fused-ring (bicyclic) bond motifs is 5. The topological polar surface area (TPSA) is 46.9 Å². The minimum absolute atomic E-state index is 0. The lowest BCUT2D eigenvalue weighted by Gasteiger charge is -2.58. The zero-order chi connectivity index (χ0) is 25.2. The molecule has 1 heterocycles. The number of carbonyl (C=O) groups excluding carboxylic acids is 1. The van der Waals surface area contributed by atoms with Crippen molar-refractivity contribution in [3.8, 4) is 0 Å². The number of amides is 1. The molecular weight excluding hydrogens is 492 g/mol. The maximum Gasteiger partial charge on any atom is 0.254 e. The summed E-state index contributed by atoms with van der Waals surface area (Å²) < 4.78 is 29.6. The number of imidazole rings is 1. The molecule has 2 aromatic rings. The zero-order valence-corrected chi connectivity index (χ0v) is 22.6. The lowest BCUT2D eigenvalue weighted by atomic mass is 9.47. The molecule has 4 aliphatic carbocycles. The number of rotatable bonds is 3. The maximum atomic E-state index is 14.1. The zero-order valence-electron chi connectivity index (χ0n) is 21.8. The van der Waals surface area contributed by atoms with Gasteiger partial charge in [-0.2, -0.15) is 0 Å². The number of aromatic nitrogens is 2. The smallest absolute Gasteiger partial charge is 0.254 e. The molecular formula is C30H36ClF2N3O. The van der Waals surface area contributed by atoms with E-state index in [1.165, 1.54) is 30.2 Å². The summed E-state index contributed by atoms with van der Waals surface area (Å²) in [6.07, 6.45) is 16.4. The lowest BCUT2D eigenvalue weighted by molar-refractivity contribution is -0.0137. The van der Waals surface area contributed by atoms with Gasteiger partial charge >= 0.3 is 0 Å². The first-order valence-corrected chi connectivity index (χ1v) is 13.4. The molecule has 37 heavy (non-hydrogen) atoms. The molecule has 0 spiro atoms. The van der Waals surface area contributed by atoms with Gasteiger partial charge < -0.3 is 9.88 Å². The molecule has 2 fully saturated rings. The number of aryl methyl sites for hydroxylation is 1. The SMILES string of the molecule is Cc1cn(C2=CCC3C4CC=C5C[C@@H](NC(=O)c6ccc(F)cc6F)CC[C@]5(C)C4CC[C@]23C)cn1.Cl. The molecule has 2 saturated carbocycles. The monoisotopic (exact) mass is 527 g/mol. The minimum Gasteiger partial charge on any atom is -0.349 e. The van der Waals surface area contributed by atoms with Gasteiger partial charge in [-0.3, -0.25) is 4.79 Å². The van der Waals surface area contributed by atoms with E-state index in [4.69, 9.17) is 0 Å². The molecule has 0 aliphatic heterocycles. The molecule has 4 aliphatic rings. The van der Waals surface area contributed by atoms with Crippen molar-refractivity contribution in [3.05, 3.63) is 71.3 Å². The van der Waals surface area contributed by atoms with E-state index >= 15 is 0 Å². The van der Waals surface area contributed by atoms with Crippen molar-refractivity contribution in [2.45, 2.75) is 71.8 Å². The summed E-state index contributed by atoms with van der Waals surface area (Å²) in [4.78, 5) is 17.2. The Bertz CT molecular complexity index is 1290. The van der Waals surface area contributed by atoms with Crippen LogP contribution in [0.5, 0.6) is 0 Å². The van der Waals surface area contributed by atoms with Crippen molar-refractivity contribution in [2.75, 3.05) is 0 Å². The molecule has 0 radical (unpaired) electrons. The Balaban J connectivity index is 0.00000280. The molecule has 6 rings (SSSR count). The third-order valence-corrected chi connectivity index (χ3v) is 10.1. The van der Waals surface area contributed by atoms with Crippen LogP contribution in [0.2, 0.25) is 0 Å². The number of hydrogen-bond donors (Lipinski definition) is 1. The van der Waals surface area contributed by atoms with E-state index < -0.39 is 17.5 Å². The number of benzene rings is 1. The second-order valence-corrected chi connectivity index (χ2v) is 12.0. The Labute approximate surface area is 224 Å². The van der Waals surface area contributed by atoms with Crippen LogP contribution in [0.3, 0.4) is 0 Å². The first-order valence-electron chi connectivity index (χ1n) is 13.4. The van der Waals surface area contributed by atoms with Crippen LogP contribution < -0.4 is 5.32 Å². The predicted molar refractivity (Wildman–Crippen MR) is 143 cm³/mol. The van der Waals surface area contributed by atoms with Crippen LogP contribution in [-0.4, -0.2) is 21.5 Å². The second-order valence-electron chi connectivity index (χ2n) is 12.0. The molecule has 198 valence electrons. The summed E-state index contributed by atoms with van der Waals surface area (Å²) in [5.41, 5.74) is 4.18. The lowest BCUT2D eigenvalue weighted by Crippen LogP contribution is -2.51. The molecule has 1 aromatic carbocycles. The number of hydrogen-bond acceptors (Lipinski definition) is 2. The average Bonchev–Trinajstić information content (AvgIpc) is 3.41. The highest BCUT2D eigenvalue weighted by Gasteiger charge is 2.57. The first kappa shape index (κ1) is 26.1. The van der Waals surface area contributed by atoms with E-state index in [-0.39, 0.29) is 34.8 Å². The van der Waals surface area contributed by atoms with Gasteiger partial charge in [0.05, 0.1) is 17.6 Å². The van der Waals surface area contributed by atoms with Crippen molar-refractivity contribution < 1.29 is 13.6 Å². The first-order chi connectivity index (χ1) is 17.2. The highest BCUT2D eigenvalue weighted by Crippen LogP contribution is 2.65. The number of nitrogens with zero attached hydrogens (tertiary/aromatic N) is 2. The Hall–Kier alpha value is -2.47. The fourth-order valence-electron chi connectivity index (χ4n) is 8.22. The Kier molecular flexibility index (Phi) is 6.62. The van der Waals surface area contributed by atoms with Crippen LogP contribution in [0, 0.1) is 47.1 Å². The van der Waals surface area contributed by atoms with Crippen molar-refractivity contribution in [2.24, 2.45) is 28.6 Å². The standard InChI is InChI=1S/C30H35F2N3O.ClH/c1-18-16-35(17-33-18)27-9-8-24-22-6-4-19-14-21(34-28(36)23-7-5-20(31)15-26(23)32)10-12-29(19,2)25(22)11-13-30(24,27)3;/h4-5,7,9,15-17,21-22,24-25H,6,8,10-14H2,1-3H3,(H,34,36);1H/t21-,22?,24?,25?,29-,30-;/m0./s1. The normalized spacial score (nSPS) is 34.3. The Morgan fingerprint density at radius 1 is 1.08 bits per heavy atom. The number of halogens is 3. The van der Waals surface area contributed by atoms with Gasteiger partial charge in [0.1, 0.15) is 11.6 Å². The van der Waals surface area contributed by atoms with Crippen LogP contribution >= 0.6 is 12.4 Å². The van der Waals surface area contributed by atoms with Crippen molar-refractivity contribution >= 4 is 24.0 Å². The largest absolute Gasteiger partial charge is 0.349 e. The van der Waals surface area contributed by atoms with Gasteiger partial charge in [-0.05, 0) is 87.2 Å². The number of carbonyl (C=O) groups is 1. The number of nitrogens with one attached hydrogen (secondary N) is 1. The van der Waals surface area contributed by atoms with Gasteiger partial charge in [-0.1, -0.05) is 31.6 Å². The molecule has 1 aromatic heterocycles. The molecule has 0 saturated heterocycles. The Morgan fingerprint density at radius 2 is 1.86 bits per heavy atom. The molecule has 3 unspecified atom stereocenters. The van der Waals surface area contributed by atoms with Crippen LogP contribution in [-0.2, 0) is 0 Å². The van der Waals surface area contributed by atoms with E-state index in [1.807, 2.05) is 13.3 Å². The van der Waals surface area contributed by atoms with Gasteiger partial charge in [-0.15, -0.1) is 12.4 Å². The van der Waals surface area contributed by atoms with Crippen molar-refractivity contribution in [3.63, 3.8) is 0 Å². The fourth-order valence-corrected chi connectivity index (χ4v) is 8.22. The van der Waals surface area contributed by atoms with E-state index in [1.54, 1.807) is 0 Å². The summed E-state index contributed by atoms with van der Waals surface area (Å²) in [6, 6.07) is 3.11. The number of allylic oxidation sites excluding steroid dienone is 3. The quantitative estimate of drug-likeness (QED) is 0.432.